The van der Waals surface area contributed by atoms with E-state index >= 15 is 0 Å². The first-order valence-corrected chi connectivity index (χ1v) is 6.28. The van der Waals surface area contributed by atoms with Gasteiger partial charge in [-0.2, -0.15) is 13.2 Å². The molecule has 122 valence electrons. The first-order valence-electron chi connectivity index (χ1n) is 5.90. The fraction of sp³-hybridized carbons (Fsp3) is 0.500. The second-order valence-electron chi connectivity index (χ2n) is 4.41. The van der Waals surface area contributed by atoms with Crippen molar-refractivity contribution < 1.29 is 18.3 Å². The topological polar surface area (TPSA) is 35.5 Å². The molecule has 1 atom stereocenters. The molecule has 0 unspecified atom stereocenters. The highest BCUT2D eigenvalue weighted by Crippen LogP contribution is 2.43. The summed E-state index contributed by atoms with van der Waals surface area (Å²) >= 11 is 5.70. The Bertz CT molecular complexity index is 454. The predicted molar refractivity (Wildman–Crippen MR) is 80.9 cm³/mol. The number of rotatable bonds is 2. The van der Waals surface area contributed by atoms with Gasteiger partial charge < -0.3 is 10.4 Å². The lowest BCUT2D eigenvalue weighted by Gasteiger charge is -2.36. The number of halogens is 6. The van der Waals surface area contributed by atoms with Gasteiger partial charge in [-0.1, -0.05) is 23.7 Å². The van der Waals surface area contributed by atoms with Gasteiger partial charge in [-0.15, -0.1) is 24.8 Å². The molecule has 0 amide bonds. The normalized spacial score (nSPS) is 17.5. The highest BCUT2D eigenvalue weighted by Gasteiger charge is 2.46. The van der Waals surface area contributed by atoms with Crippen LogP contribution in [0.1, 0.15) is 11.6 Å². The summed E-state index contributed by atoms with van der Waals surface area (Å²) < 4.78 is 39.9. The Balaban J connectivity index is 0.00000200. The summed E-state index contributed by atoms with van der Waals surface area (Å²) in [6, 6.07) is 2.22. The minimum Gasteiger partial charge on any atom is -0.506 e. The van der Waals surface area contributed by atoms with Gasteiger partial charge in [0.25, 0.3) is 0 Å². The molecule has 1 aromatic carbocycles. The molecule has 3 nitrogen and oxygen atoms in total. The molecule has 1 saturated heterocycles. The molecular weight excluding hydrogens is 351 g/mol. The van der Waals surface area contributed by atoms with Gasteiger partial charge in [-0.25, -0.2) is 0 Å². The van der Waals surface area contributed by atoms with Crippen molar-refractivity contribution in [2.75, 3.05) is 26.2 Å². The number of hydrogen-bond donors (Lipinski definition) is 2. The molecule has 1 aliphatic heterocycles. The molecule has 9 heteroatoms. The highest BCUT2D eigenvalue weighted by molar-refractivity contribution is 6.32. The Kier molecular flexibility index (Phi) is 8.13. The quantitative estimate of drug-likeness (QED) is 0.841. The lowest BCUT2D eigenvalue weighted by Crippen LogP contribution is -2.49. The number of para-hydroxylation sites is 1. The zero-order chi connectivity index (χ0) is 14.0. The van der Waals surface area contributed by atoms with Gasteiger partial charge in [0.15, 0.2) is 0 Å². The van der Waals surface area contributed by atoms with Gasteiger partial charge in [0.1, 0.15) is 11.8 Å². The summed E-state index contributed by atoms with van der Waals surface area (Å²) in [5, 5.41) is 12.7. The summed E-state index contributed by atoms with van der Waals surface area (Å²) in [5.41, 5.74) is -0.193. The van der Waals surface area contributed by atoms with Crippen molar-refractivity contribution in [3.05, 3.63) is 28.8 Å². The molecule has 1 aromatic rings. The van der Waals surface area contributed by atoms with Crippen molar-refractivity contribution in [1.29, 1.82) is 0 Å². The van der Waals surface area contributed by atoms with Crippen LogP contribution in [0.25, 0.3) is 0 Å². The summed E-state index contributed by atoms with van der Waals surface area (Å²) in [6.45, 7) is 1.54. The third-order valence-corrected chi connectivity index (χ3v) is 3.44. The Morgan fingerprint density at radius 1 is 1.19 bits per heavy atom. The minimum atomic E-state index is -4.46. The minimum absolute atomic E-state index is 0. The molecule has 1 fully saturated rings. The van der Waals surface area contributed by atoms with Crippen LogP contribution in [0.15, 0.2) is 18.2 Å². The van der Waals surface area contributed by atoms with E-state index < -0.39 is 18.0 Å². The molecular formula is C12H16Cl3F3N2O. The number of nitrogens with zero attached hydrogens (tertiary/aromatic N) is 1. The van der Waals surface area contributed by atoms with Crippen molar-refractivity contribution in [3.63, 3.8) is 0 Å². The number of nitrogens with one attached hydrogen (secondary N) is 1. The molecule has 21 heavy (non-hydrogen) atoms. The first kappa shape index (κ1) is 20.6. The average molecular weight is 368 g/mol. The van der Waals surface area contributed by atoms with Crippen LogP contribution in [0.5, 0.6) is 5.75 Å². The van der Waals surface area contributed by atoms with E-state index in [4.69, 9.17) is 11.6 Å². The number of alkyl halides is 3. The van der Waals surface area contributed by atoms with E-state index in [0.29, 0.717) is 13.1 Å². The monoisotopic (exact) mass is 366 g/mol. The summed E-state index contributed by atoms with van der Waals surface area (Å²) in [6.07, 6.45) is -4.46. The van der Waals surface area contributed by atoms with Crippen LogP contribution in [-0.2, 0) is 0 Å². The zero-order valence-corrected chi connectivity index (χ0v) is 13.2. The van der Waals surface area contributed by atoms with Crippen molar-refractivity contribution in [1.82, 2.24) is 10.2 Å². The van der Waals surface area contributed by atoms with E-state index in [2.05, 4.69) is 5.32 Å². The fourth-order valence-electron chi connectivity index (χ4n) is 2.27. The number of phenols is 1. The van der Waals surface area contributed by atoms with E-state index in [-0.39, 0.29) is 48.5 Å². The second kappa shape index (κ2) is 8.29. The molecule has 0 aromatic heterocycles. The molecule has 1 heterocycles. The van der Waals surface area contributed by atoms with Crippen LogP contribution in [0.2, 0.25) is 5.02 Å². The van der Waals surface area contributed by atoms with Crippen LogP contribution in [0.3, 0.4) is 0 Å². The van der Waals surface area contributed by atoms with Crippen LogP contribution in [0, 0.1) is 0 Å². The smallest absolute Gasteiger partial charge is 0.408 e. The largest absolute Gasteiger partial charge is 0.506 e. The standard InChI is InChI=1S/C12H14ClF3N2O.2ClH/c13-9-3-1-2-8(10(9)19)11(12(14,15)16)18-6-4-17-5-7-18;;/h1-3,11,17,19H,4-7H2;2*1H/t11-;;/m0../s1. The van der Waals surface area contributed by atoms with E-state index in [1.807, 2.05) is 0 Å². The number of hydrogen-bond acceptors (Lipinski definition) is 3. The summed E-state index contributed by atoms with van der Waals surface area (Å²) in [7, 11) is 0. The maximum Gasteiger partial charge on any atom is 0.408 e. The second-order valence-corrected chi connectivity index (χ2v) is 4.81. The van der Waals surface area contributed by atoms with Crippen LogP contribution >= 0.6 is 36.4 Å². The third kappa shape index (κ3) is 4.79. The number of piperazine rings is 1. The molecule has 0 saturated carbocycles. The molecule has 0 spiro atoms. The predicted octanol–water partition coefficient (Wildman–Crippen LogP) is 3.40. The fourth-order valence-corrected chi connectivity index (χ4v) is 2.45. The molecule has 0 aliphatic carbocycles. The van der Waals surface area contributed by atoms with E-state index in [1.165, 1.54) is 23.1 Å². The molecule has 2 rings (SSSR count). The van der Waals surface area contributed by atoms with Crippen molar-refractivity contribution in [2.45, 2.75) is 12.2 Å². The molecule has 0 bridgehead atoms. The first-order chi connectivity index (χ1) is 8.91. The van der Waals surface area contributed by atoms with E-state index in [1.54, 1.807) is 0 Å². The Hall–Kier alpha value is -0.400. The number of aromatic hydroxyl groups is 1. The lowest BCUT2D eigenvalue weighted by molar-refractivity contribution is -0.188. The molecule has 2 N–H and O–H groups in total. The van der Waals surface area contributed by atoms with Crippen molar-refractivity contribution in [3.8, 4) is 5.75 Å². The maximum atomic E-state index is 13.3. The van der Waals surface area contributed by atoms with Crippen LogP contribution < -0.4 is 5.32 Å². The van der Waals surface area contributed by atoms with Gasteiger partial charge in [-0.05, 0) is 6.07 Å². The summed E-state index contributed by atoms with van der Waals surface area (Å²) in [4.78, 5) is 1.31. The molecule has 0 radical (unpaired) electrons. The van der Waals surface area contributed by atoms with E-state index in [0.717, 1.165) is 0 Å². The average Bonchev–Trinajstić information content (AvgIpc) is 2.35. The Morgan fingerprint density at radius 3 is 2.29 bits per heavy atom. The zero-order valence-electron chi connectivity index (χ0n) is 10.9. The van der Waals surface area contributed by atoms with Crippen LogP contribution in [-0.4, -0.2) is 42.4 Å². The highest BCUT2D eigenvalue weighted by atomic mass is 35.5. The van der Waals surface area contributed by atoms with Gasteiger partial charge >= 0.3 is 6.18 Å². The Labute approximate surface area is 138 Å². The van der Waals surface area contributed by atoms with Crippen LogP contribution in [0.4, 0.5) is 13.2 Å². The van der Waals surface area contributed by atoms with Crippen molar-refractivity contribution in [2.24, 2.45) is 0 Å². The van der Waals surface area contributed by atoms with Gasteiger partial charge in [0.05, 0.1) is 5.02 Å². The van der Waals surface area contributed by atoms with Gasteiger partial charge in [0, 0.05) is 31.7 Å². The summed E-state index contributed by atoms with van der Waals surface area (Å²) in [5.74, 6) is -0.495. The number of phenolic OH excluding ortho intramolecular Hbond substituents is 1. The molecule has 1 aliphatic rings. The van der Waals surface area contributed by atoms with E-state index in [9.17, 15) is 18.3 Å². The van der Waals surface area contributed by atoms with Gasteiger partial charge in [-0.3, -0.25) is 4.90 Å². The Morgan fingerprint density at radius 2 is 1.76 bits per heavy atom. The van der Waals surface area contributed by atoms with Gasteiger partial charge in [0.2, 0.25) is 0 Å². The maximum absolute atomic E-state index is 13.3. The SMILES string of the molecule is Cl.Cl.Oc1c(Cl)cccc1[C@H](N1CCNCC1)C(F)(F)F. The third-order valence-electron chi connectivity index (χ3n) is 3.14. The van der Waals surface area contributed by atoms with Crippen molar-refractivity contribution >= 4 is 36.4 Å². The number of benzene rings is 1. The lowest BCUT2D eigenvalue weighted by atomic mass is 10.0.